The second-order valence-electron chi connectivity index (χ2n) is 5.26. The second kappa shape index (κ2) is 6.01. The van der Waals surface area contributed by atoms with Gasteiger partial charge in [0.05, 0.1) is 0 Å². The van der Waals surface area contributed by atoms with E-state index in [4.69, 9.17) is 5.73 Å². The van der Waals surface area contributed by atoms with Gasteiger partial charge in [0.15, 0.2) is 0 Å². The Balaban J connectivity index is 2.15. The number of rotatable bonds is 4. The molecule has 0 spiro atoms. The van der Waals surface area contributed by atoms with E-state index in [1.54, 1.807) is 12.1 Å². The van der Waals surface area contributed by atoms with E-state index in [0.717, 1.165) is 25.1 Å². The maximum atomic E-state index is 12.3. The predicted molar refractivity (Wildman–Crippen MR) is 70.3 cm³/mol. The van der Waals surface area contributed by atoms with Gasteiger partial charge in [-0.1, -0.05) is 19.1 Å². The lowest BCUT2D eigenvalue weighted by Crippen LogP contribution is -2.32. The third kappa shape index (κ3) is 3.86. The number of likely N-dealkylation sites (tertiary alicyclic amines) is 1. The molecule has 1 aliphatic rings. The van der Waals surface area contributed by atoms with Gasteiger partial charge in [0.2, 0.25) is 0 Å². The molecule has 1 heterocycles. The number of ether oxygens (including phenoxy) is 1. The van der Waals surface area contributed by atoms with Crippen molar-refractivity contribution in [2.45, 2.75) is 25.7 Å². The number of hydrogen-bond acceptors (Lipinski definition) is 3. The van der Waals surface area contributed by atoms with Gasteiger partial charge in [-0.2, -0.15) is 0 Å². The highest BCUT2D eigenvalue weighted by molar-refractivity contribution is 5.31. The summed E-state index contributed by atoms with van der Waals surface area (Å²) in [4.78, 5) is 2.22. The Labute approximate surface area is 116 Å². The highest BCUT2D eigenvalue weighted by Crippen LogP contribution is 2.30. The molecule has 1 fully saturated rings. The molecule has 0 saturated carbocycles. The number of halogens is 3. The van der Waals surface area contributed by atoms with E-state index in [-0.39, 0.29) is 11.8 Å². The number of nitrogens with zero attached hydrogens (tertiary/aromatic N) is 1. The van der Waals surface area contributed by atoms with Crippen molar-refractivity contribution in [2.75, 3.05) is 19.6 Å². The molecule has 2 N–H and O–H groups in total. The van der Waals surface area contributed by atoms with Crippen LogP contribution in [0.3, 0.4) is 0 Å². The molecule has 1 aromatic rings. The van der Waals surface area contributed by atoms with Crippen molar-refractivity contribution in [3.05, 3.63) is 29.8 Å². The molecule has 0 bridgehead atoms. The smallest absolute Gasteiger partial charge is 0.406 e. The Bertz CT molecular complexity index is 450. The molecule has 1 aromatic carbocycles. The van der Waals surface area contributed by atoms with Crippen molar-refractivity contribution in [2.24, 2.45) is 11.7 Å². The van der Waals surface area contributed by atoms with E-state index >= 15 is 0 Å². The molecule has 2 atom stereocenters. The molecule has 0 amide bonds. The van der Waals surface area contributed by atoms with Crippen LogP contribution in [0, 0.1) is 5.92 Å². The van der Waals surface area contributed by atoms with Gasteiger partial charge in [0.1, 0.15) is 5.75 Å². The van der Waals surface area contributed by atoms with Crippen LogP contribution in [-0.2, 0) is 0 Å². The Morgan fingerprint density at radius 3 is 2.75 bits per heavy atom. The quantitative estimate of drug-likeness (QED) is 0.926. The van der Waals surface area contributed by atoms with E-state index in [1.165, 1.54) is 12.1 Å². The fourth-order valence-electron chi connectivity index (χ4n) is 2.67. The summed E-state index contributed by atoms with van der Waals surface area (Å²) in [5.74, 6) is 0.402. The van der Waals surface area contributed by atoms with Crippen LogP contribution < -0.4 is 10.5 Å². The van der Waals surface area contributed by atoms with Gasteiger partial charge in [-0.3, -0.25) is 4.90 Å². The minimum Gasteiger partial charge on any atom is -0.406 e. The molecular weight excluding hydrogens is 269 g/mol. The maximum absolute atomic E-state index is 12.3. The van der Waals surface area contributed by atoms with Crippen molar-refractivity contribution < 1.29 is 17.9 Å². The lowest BCUT2D eigenvalue weighted by molar-refractivity contribution is -0.274. The molecule has 0 aliphatic carbocycles. The molecule has 6 heteroatoms. The summed E-state index contributed by atoms with van der Waals surface area (Å²) in [6.07, 6.45) is -3.58. The summed E-state index contributed by atoms with van der Waals surface area (Å²) in [7, 11) is 0. The third-order valence-corrected chi connectivity index (χ3v) is 3.60. The van der Waals surface area contributed by atoms with E-state index in [2.05, 4.69) is 16.6 Å². The van der Waals surface area contributed by atoms with Gasteiger partial charge < -0.3 is 10.5 Å². The molecule has 112 valence electrons. The summed E-state index contributed by atoms with van der Waals surface area (Å²) in [6, 6.07) is 6.03. The lowest BCUT2D eigenvalue weighted by atomic mass is 10.1. The highest BCUT2D eigenvalue weighted by Gasteiger charge is 2.32. The predicted octanol–water partition coefficient (Wildman–Crippen LogP) is 2.93. The number of benzene rings is 1. The number of hydrogen-bond donors (Lipinski definition) is 1. The summed E-state index contributed by atoms with van der Waals surface area (Å²) >= 11 is 0. The second-order valence-corrected chi connectivity index (χ2v) is 5.26. The molecular formula is C14H19F3N2O. The van der Waals surface area contributed by atoms with Crippen molar-refractivity contribution in [1.82, 2.24) is 4.90 Å². The summed E-state index contributed by atoms with van der Waals surface area (Å²) in [6.45, 7) is 4.39. The number of alkyl halides is 3. The SMILES string of the molecule is CC1CCN(C(CN)c2cccc(OC(F)(F)F)c2)C1. The summed E-state index contributed by atoms with van der Waals surface area (Å²) < 4.78 is 40.7. The zero-order valence-electron chi connectivity index (χ0n) is 11.4. The van der Waals surface area contributed by atoms with Crippen molar-refractivity contribution in [3.8, 4) is 5.75 Å². The first-order chi connectivity index (χ1) is 9.39. The van der Waals surface area contributed by atoms with Crippen LogP contribution in [0.25, 0.3) is 0 Å². The summed E-state index contributed by atoms with van der Waals surface area (Å²) in [5, 5.41) is 0. The highest BCUT2D eigenvalue weighted by atomic mass is 19.4. The van der Waals surface area contributed by atoms with Crippen LogP contribution in [0.1, 0.15) is 24.9 Å². The monoisotopic (exact) mass is 288 g/mol. The molecule has 1 saturated heterocycles. The average Bonchev–Trinajstić information content (AvgIpc) is 2.75. The lowest BCUT2D eigenvalue weighted by Gasteiger charge is -2.27. The molecule has 3 nitrogen and oxygen atoms in total. The minimum absolute atomic E-state index is 0.0586. The maximum Gasteiger partial charge on any atom is 0.573 e. The standard InChI is InChI=1S/C14H19F3N2O/c1-10-5-6-19(9-10)13(8-18)11-3-2-4-12(7-11)20-14(15,16)17/h2-4,7,10,13H,5-6,8-9,18H2,1H3. The topological polar surface area (TPSA) is 38.5 Å². The Morgan fingerprint density at radius 1 is 1.45 bits per heavy atom. The summed E-state index contributed by atoms with van der Waals surface area (Å²) in [5.41, 5.74) is 6.57. The van der Waals surface area contributed by atoms with E-state index < -0.39 is 6.36 Å². The van der Waals surface area contributed by atoms with Gasteiger partial charge in [-0.25, -0.2) is 0 Å². The van der Waals surface area contributed by atoms with Gasteiger partial charge in [0.25, 0.3) is 0 Å². The molecule has 20 heavy (non-hydrogen) atoms. The normalized spacial score (nSPS) is 21.9. The minimum atomic E-state index is -4.67. The Hall–Kier alpha value is -1.27. The van der Waals surface area contributed by atoms with Crippen LogP contribution in [0.4, 0.5) is 13.2 Å². The zero-order chi connectivity index (χ0) is 14.8. The first-order valence-electron chi connectivity index (χ1n) is 6.69. The third-order valence-electron chi connectivity index (χ3n) is 3.60. The van der Waals surface area contributed by atoms with Crippen LogP contribution in [0.5, 0.6) is 5.75 Å². The van der Waals surface area contributed by atoms with E-state index in [0.29, 0.717) is 12.5 Å². The van der Waals surface area contributed by atoms with Crippen molar-refractivity contribution in [3.63, 3.8) is 0 Å². The van der Waals surface area contributed by atoms with Gasteiger partial charge in [-0.05, 0) is 36.6 Å². The van der Waals surface area contributed by atoms with Gasteiger partial charge in [-0.15, -0.1) is 13.2 Å². The van der Waals surface area contributed by atoms with E-state index in [9.17, 15) is 13.2 Å². The van der Waals surface area contributed by atoms with Gasteiger partial charge in [0, 0.05) is 19.1 Å². The van der Waals surface area contributed by atoms with E-state index in [1.807, 2.05) is 0 Å². The Kier molecular flexibility index (Phi) is 4.55. The average molecular weight is 288 g/mol. The molecule has 2 rings (SSSR count). The van der Waals surface area contributed by atoms with Crippen LogP contribution in [0.2, 0.25) is 0 Å². The molecule has 0 aromatic heterocycles. The number of nitrogens with two attached hydrogens (primary N) is 1. The first-order valence-corrected chi connectivity index (χ1v) is 6.69. The fraction of sp³-hybridized carbons (Fsp3) is 0.571. The zero-order valence-corrected chi connectivity index (χ0v) is 11.4. The first kappa shape index (κ1) is 15.1. The largest absolute Gasteiger partial charge is 0.573 e. The fourth-order valence-corrected chi connectivity index (χ4v) is 2.67. The van der Waals surface area contributed by atoms with Crippen molar-refractivity contribution in [1.29, 1.82) is 0 Å². The van der Waals surface area contributed by atoms with Crippen LogP contribution >= 0.6 is 0 Å². The Morgan fingerprint density at radius 2 is 2.20 bits per heavy atom. The van der Waals surface area contributed by atoms with Crippen LogP contribution in [-0.4, -0.2) is 30.9 Å². The van der Waals surface area contributed by atoms with Crippen molar-refractivity contribution >= 4 is 0 Å². The molecule has 1 aliphatic heterocycles. The van der Waals surface area contributed by atoms with Crippen LogP contribution in [0.15, 0.2) is 24.3 Å². The van der Waals surface area contributed by atoms with Gasteiger partial charge >= 0.3 is 6.36 Å². The molecule has 2 unspecified atom stereocenters. The molecule has 0 radical (unpaired) electrons.